The molecule has 5 atom stereocenters. The summed E-state index contributed by atoms with van der Waals surface area (Å²) in [6.07, 6.45) is -0.916. The van der Waals surface area contributed by atoms with E-state index in [-0.39, 0.29) is 18.3 Å². The Labute approximate surface area is 193 Å². The van der Waals surface area contributed by atoms with Gasteiger partial charge in [-0.3, -0.25) is 0 Å². The topological polar surface area (TPSA) is 72.5 Å². The lowest BCUT2D eigenvalue weighted by Crippen LogP contribution is -2.64. The first-order valence-electron chi connectivity index (χ1n) is 11.4. The Kier molecular flexibility index (Phi) is 5.79. The van der Waals surface area contributed by atoms with Crippen molar-refractivity contribution in [2.75, 3.05) is 6.61 Å². The molecule has 3 heterocycles. The summed E-state index contributed by atoms with van der Waals surface area (Å²) in [6.45, 7) is 7.91. The van der Waals surface area contributed by atoms with Crippen molar-refractivity contribution >= 4 is 6.29 Å². The fourth-order valence-corrected chi connectivity index (χ4v) is 4.73. The van der Waals surface area contributed by atoms with Gasteiger partial charge in [-0.1, -0.05) is 42.5 Å². The quantitative estimate of drug-likeness (QED) is 0.635. The molecule has 0 aromatic heterocycles. The van der Waals surface area contributed by atoms with Crippen LogP contribution in [0.5, 0.6) is 5.75 Å². The average molecular weight is 455 g/mol. The zero-order valence-electron chi connectivity index (χ0n) is 19.4. The van der Waals surface area contributed by atoms with Crippen molar-refractivity contribution in [3.8, 4) is 16.9 Å². The number of rotatable bonds is 5. The Balaban J connectivity index is 1.44. The Bertz CT molecular complexity index is 1020. The summed E-state index contributed by atoms with van der Waals surface area (Å²) in [5.41, 5.74) is 2.82. The fraction of sp³-hybridized carbons (Fsp3) is 0.500. The Morgan fingerprint density at radius 2 is 1.70 bits per heavy atom. The van der Waals surface area contributed by atoms with E-state index < -0.39 is 24.0 Å². The van der Waals surface area contributed by atoms with E-state index in [1.807, 2.05) is 76.2 Å². The molecule has 3 aliphatic heterocycles. The number of fused-ring (bicyclic) bond motifs is 3. The maximum atomic E-state index is 11.0. The van der Waals surface area contributed by atoms with Crippen molar-refractivity contribution in [3.05, 3.63) is 54.1 Å². The van der Waals surface area contributed by atoms with Crippen molar-refractivity contribution in [1.82, 2.24) is 0 Å². The average Bonchev–Trinajstić information content (AvgIpc) is 3.11. The molecule has 3 fully saturated rings. The van der Waals surface area contributed by atoms with Gasteiger partial charge in [-0.2, -0.15) is 0 Å². The number of ether oxygens (including phenoxy) is 6. The van der Waals surface area contributed by atoms with E-state index in [1.54, 1.807) is 0 Å². The van der Waals surface area contributed by atoms with Crippen LogP contribution in [0.2, 0.25) is 0 Å². The number of hydrogen-bond acceptors (Lipinski definition) is 7. The second-order valence-corrected chi connectivity index (χ2v) is 9.59. The van der Waals surface area contributed by atoms with Crippen LogP contribution in [0, 0.1) is 0 Å². The molecule has 176 valence electrons. The molecule has 0 amide bonds. The molecule has 0 aliphatic carbocycles. The number of carbonyl (C=O) groups is 1. The van der Waals surface area contributed by atoms with E-state index in [9.17, 15) is 4.79 Å². The molecular formula is C26H30O7. The van der Waals surface area contributed by atoms with Gasteiger partial charge in [0.25, 0.3) is 0 Å². The number of carbonyl (C=O) groups excluding carboxylic acids is 1. The van der Waals surface area contributed by atoms with Gasteiger partial charge in [-0.05, 0) is 44.9 Å². The second-order valence-electron chi connectivity index (χ2n) is 9.59. The molecule has 0 radical (unpaired) electrons. The smallest absolute Gasteiger partial charge is 0.229 e. The van der Waals surface area contributed by atoms with Crippen molar-refractivity contribution in [3.63, 3.8) is 0 Å². The first-order valence-corrected chi connectivity index (χ1v) is 11.4. The fourth-order valence-electron chi connectivity index (χ4n) is 4.73. The maximum absolute atomic E-state index is 11.0. The minimum Gasteiger partial charge on any atom is -0.461 e. The molecule has 7 nitrogen and oxygen atoms in total. The van der Waals surface area contributed by atoms with Crippen LogP contribution in [0.15, 0.2) is 48.5 Å². The predicted molar refractivity (Wildman–Crippen MR) is 120 cm³/mol. The Hall–Kier alpha value is -2.29. The van der Waals surface area contributed by atoms with E-state index in [0.29, 0.717) is 18.8 Å². The van der Waals surface area contributed by atoms with Crippen LogP contribution < -0.4 is 4.74 Å². The highest BCUT2D eigenvalue weighted by Gasteiger charge is 2.59. The summed E-state index contributed by atoms with van der Waals surface area (Å²) in [7, 11) is 0. The monoisotopic (exact) mass is 454 g/mol. The van der Waals surface area contributed by atoms with Crippen molar-refractivity contribution in [1.29, 1.82) is 0 Å². The third kappa shape index (κ3) is 4.56. The van der Waals surface area contributed by atoms with Gasteiger partial charge < -0.3 is 33.2 Å². The van der Waals surface area contributed by atoms with E-state index in [4.69, 9.17) is 28.4 Å². The van der Waals surface area contributed by atoms with Crippen LogP contribution in [-0.2, 0) is 34.9 Å². The van der Waals surface area contributed by atoms with Gasteiger partial charge in [0.1, 0.15) is 30.3 Å². The van der Waals surface area contributed by atoms with E-state index in [1.165, 1.54) is 0 Å². The minimum atomic E-state index is -0.788. The van der Waals surface area contributed by atoms with Gasteiger partial charge in [0.05, 0.1) is 6.61 Å². The molecule has 0 saturated carbocycles. The highest BCUT2D eigenvalue weighted by atomic mass is 16.8. The van der Waals surface area contributed by atoms with Crippen LogP contribution in [0.25, 0.3) is 11.1 Å². The lowest BCUT2D eigenvalue weighted by molar-refractivity contribution is -0.362. The van der Waals surface area contributed by atoms with E-state index >= 15 is 0 Å². The highest BCUT2D eigenvalue weighted by Crippen LogP contribution is 2.43. The Morgan fingerprint density at radius 1 is 0.939 bits per heavy atom. The van der Waals surface area contributed by atoms with Gasteiger partial charge in [0.2, 0.25) is 6.29 Å². The first-order chi connectivity index (χ1) is 15.7. The molecule has 33 heavy (non-hydrogen) atoms. The summed E-state index contributed by atoms with van der Waals surface area (Å²) in [5.74, 6) is -0.851. The molecule has 2 aromatic carbocycles. The molecule has 0 unspecified atom stereocenters. The summed E-state index contributed by atoms with van der Waals surface area (Å²) < 4.78 is 37.2. The zero-order chi connectivity index (χ0) is 23.2. The third-order valence-electron chi connectivity index (χ3n) is 6.13. The predicted octanol–water partition coefficient (Wildman–Crippen LogP) is 3.87. The molecule has 2 aromatic rings. The lowest BCUT2D eigenvalue weighted by atomic mass is 9.97. The molecular weight excluding hydrogens is 424 g/mol. The van der Waals surface area contributed by atoms with Gasteiger partial charge in [-0.15, -0.1) is 0 Å². The SMILES string of the molecule is CC1(C)O[C@@H]2[C@H](O1)[C@@H](Oc1ccccc1-c1cccc(CC=O)c1)O[C@@H]1COC(C)(C)O[C@@H]21. The molecule has 3 aliphatic rings. The van der Waals surface area contributed by atoms with Crippen LogP contribution >= 0.6 is 0 Å². The Morgan fingerprint density at radius 3 is 2.52 bits per heavy atom. The molecule has 5 rings (SSSR count). The minimum absolute atomic E-state index is 0.323. The molecule has 0 N–H and O–H groups in total. The number of hydrogen-bond donors (Lipinski definition) is 0. The van der Waals surface area contributed by atoms with E-state index in [0.717, 1.165) is 23.0 Å². The summed E-state index contributed by atoms with van der Waals surface area (Å²) >= 11 is 0. The van der Waals surface area contributed by atoms with Crippen LogP contribution in [0.3, 0.4) is 0 Å². The standard InChI is InChI=1S/C26H30O7/c1-25(2)28-15-20-21(31-25)22-23(33-26(3,4)32-22)24(30-20)29-19-11-6-5-10-18(19)17-9-7-8-16(14-17)12-13-27/h5-11,13-14,20-24H,12,15H2,1-4H3/t20-,21-,22+,23+,24+/m1/s1. The molecule has 3 saturated heterocycles. The number of aldehydes is 1. The van der Waals surface area contributed by atoms with Crippen molar-refractivity contribution in [2.24, 2.45) is 0 Å². The van der Waals surface area contributed by atoms with E-state index in [2.05, 4.69) is 0 Å². The highest BCUT2D eigenvalue weighted by molar-refractivity contribution is 5.71. The summed E-state index contributed by atoms with van der Waals surface area (Å²) in [5, 5.41) is 0. The van der Waals surface area contributed by atoms with Crippen LogP contribution in [0.1, 0.15) is 33.3 Å². The molecule has 0 spiro atoms. The third-order valence-corrected chi connectivity index (χ3v) is 6.13. The van der Waals surface area contributed by atoms with Crippen molar-refractivity contribution in [2.45, 2.75) is 76.4 Å². The van der Waals surface area contributed by atoms with Gasteiger partial charge in [0.15, 0.2) is 17.7 Å². The molecule has 0 bridgehead atoms. The summed E-state index contributed by atoms with van der Waals surface area (Å²) in [6, 6.07) is 15.7. The van der Waals surface area contributed by atoms with Gasteiger partial charge >= 0.3 is 0 Å². The largest absolute Gasteiger partial charge is 0.461 e. The van der Waals surface area contributed by atoms with Crippen molar-refractivity contribution < 1.29 is 33.2 Å². The summed E-state index contributed by atoms with van der Waals surface area (Å²) in [4.78, 5) is 11.0. The zero-order valence-corrected chi connectivity index (χ0v) is 19.4. The maximum Gasteiger partial charge on any atom is 0.229 e. The van der Waals surface area contributed by atoms with Gasteiger partial charge in [-0.25, -0.2) is 0 Å². The number of benzene rings is 2. The lowest BCUT2D eigenvalue weighted by Gasteiger charge is -2.48. The van der Waals surface area contributed by atoms with Crippen LogP contribution in [0.4, 0.5) is 0 Å². The molecule has 7 heteroatoms. The normalized spacial score (nSPS) is 31.9. The number of para-hydroxylation sites is 1. The van der Waals surface area contributed by atoms with Gasteiger partial charge in [0, 0.05) is 12.0 Å². The van der Waals surface area contributed by atoms with Crippen LogP contribution in [-0.4, -0.2) is 55.2 Å². The first kappa shape index (κ1) is 22.5. The second kappa shape index (κ2) is 8.49.